The van der Waals surface area contributed by atoms with Crippen LogP contribution in [0, 0.1) is 11.6 Å². The summed E-state index contributed by atoms with van der Waals surface area (Å²) in [5.74, 6) is -1.15. The monoisotopic (exact) mass is 594 g/mol. The van der Waals surface area contributed by atoms with Crippen molar-refractivity contribution < 1.29 is 30.8 Å². The van der Waals surface area contributed by atoms with Crippen LogP contribution in [-0.4, -0.2) is 44.6 Å². The Labute approximate surface area is 236 Å². The molecule has 0 aliphatic heterocycles. The molecule has 3 aromatic carbocycles. The lowest BCUT2D eigenvalue weighted by Gasteiger charge is -2.19. The van der Waals surface area contributed by atoms with Crippen molar-refractivity contribution in [2.75, 3.05) is 24.7 Å². The van der Waals surface area contributed by atoms with E-state index < -0.39 is 27.6 Å². The highest BCUT2D eigenvalue weighted by Crippen LogP contribution is 2.42. The average Bonchev–Trinajstić information content (AvgIpc) is 3.68. The molecule has 3 aromatic heterocycles. The first-order valence-electron chi connectivity index (χ1n) is 12.1. The van der Waals surface area contributed by atoms with Gasteiger partial charge in [-0.2, -0.15) is 0 Å². The van der Waals surface area contributed by atoms with Gasteiger partial charge in [0.15, 0.2) is 11.4 Å². The molecule has 0 bridgehead atoms. The lowest BCUT2D eigenvalue weighted by Crippen LogP contribution is -2.25. The topological polar surface area (TPSA) is 119 Å². The van der Waals surface area contributed by atoms with Crippen LogP contribution in [0.1, 0.15) is 10.4 Å². The van der Waals surface area contributed by atoms with Crippen molar-refractivity contribution in [3.05, 3.63) is 77.2 Å². The molecule has 3 heterocycles. The fourth-order valence-corrected chi connectivity index (χ4v) is 5.74. The zero-order valence-electron chi connectivity index (χ0n) is 21.7. The Balaban J connectivity index is 1.58. The number of halogens is 2. The number of benzene rings is 3. The number of fused-ring (bicyclic) bond motifs is 2. The SMILES string of the molecule is CNC(=O)c1c(-c2ccc(F)cc2)oc2cc(N(C)S(C)(=O)=O)c(-c3nc(-c4nc5c(F)cccc5o4)cs3)cc12. The third-order valence-electron chi connectivity index (χ3n) is 6.53. The van der Waals surface area contributed by atoms with E-state index in [0.717, 1.165) is 10.6 Å². The molecule has 0 radical (unpaired) electrons. The molecule has 0 saturated carbocycles. The summed E-state index contributed by atoms with van der Waals surface area (Å²) >= 11 is 1.19. The maximum Gasteiger partial charge on any atom is 0.255 e. The average molecular weight is 595 g/mol. The van der Waals surface area contributed by atoms with Gasteiger partial charge in [0.05, 0.1) is 17.5 Å². The first kappa shape index (κ1) is 26.6. The number of carbonyl (C=O) groups is 1. The van der Waals surface area contributed by atoms with Crippen molar-refractivity contribution in [3.8, 4) is 33.5 Å². The van der Waals surface area contributed by atoms with E-state index in [4.69, 9.17) is 8.83 Å². The van der Waals surface area contributed by atoms with Gasteiger partial charge in [-0.1, -0.05) is 6.07 Å². The molecule has 0 saturated heterocycles. The smallest absolute Gasteiger partial charge is 0.255 e. The Kier molecular flexibility index (Phi) is 6.35. The summed E-state index contributed by atoms with van der Waals surface area (Å²) in [6, 6.07) is 13.0. The van der Waals surface area contributed by atoms with Gasteiger partial charge in [-0.3, -0.25) is 9.10 Å². The number of anilines is 1. The molecule has 1 N–H and O–H groups in total. The number of nitrogens with zero attached hydrogens (tertiary/aromatic N) is 3. The highest BCUT2D eigenvalue weighted by molar-refractivity contribution is 7.92. The number of furan rings is 1. The standard InChI is InChI=1S/C28H20F2N4O5S2/c1-31-26(35)23-17-11-16(28-32-19(13-40-28)27-33-24-18(30)5-4-6-21(24)39-27)20(34(2)41(3,36)37)12-22(17)38-25(23)14-7-9-15(29)10-8-14/h4-13H,1-3H3,(H,31,35). The molecule has 0 atom stereocenters. The molecular weight excluding hydrogens is 574 g/mol. The molecule has 41 heavy (non-hydrogen) atoms. The summed E-state index contributed by atoms with van der Waals surface area (Å²) in [6.07, 6.45) is 1.06. The number of aromatic nitrogens is 2. The van der Waals surface area contributed by atoms with Gasteiger partial charge in [-0.05, 0) is 42.5 Å². The van der Waals surface area contributed by atoms with E-state index in [9.17, 15) is 22.0 Å². The molecule has 6 rings (SSSR count). The minimum absolute atomic E-state index is 0.0675. The van der Waals surface area contributed by atoms with Crippen LogP contribution in [0.3, 0.4) is 0 Å². The number of nitrogens with one attached hydrogen (secondary N) is 1. The van der Waals surface area contributed by atoms with Crippen molar-refractivity contribution in [3.63, 3.8) is 0 Å². The fourth-order valence-electron chi connectivity index (χ4n) is 4.42. The quantitative estimate of drug-likeness (QED) is 0.249. The third-order valence-corrected chi connectivity index (χ3v) is 8.59. The second kappa shape index (κ2) is 9.78. The van der Waals surface area contributed by atoms with E-state index in [1.807, 2.05) is 0 Å². The molecule has 0 aliphatic carbocycles. The number of hydrogen-bond donors (Lipinski definition) is 1. The van der Waals surface area contributed by atoms with Gasteiger partial charge < -0.3 is 14.2 Å². The molecule has 0 unspecified atom stereocenters. The third kappa shape index (κ3) is 4.62. The first-order valence-corrected chi connectivity index (χ1v) is 14.8. The Morgan fingerprint density at radius 1 is 1.02 bits per heavy atom. The van der Waals surface area contributed by atoms with E-state index in [-0.39, 0.29) is 39.6 Å². The van der Waals surface area contributed by atoms with Gasteiger partial charge in [0.1, 0.15) is 33.4 Å². The molecule has 208 valence electrons. The van der Waals surface area contributed by atoms with Crippen molar-refractivity contribution in [1.82, 2.24) is 15.3 Å². The highest BCUT2D eigenvalue weighted by atomic mass is 32.2. The van der Waals surface area contributed by atoms with E-state index in [1.54, 1.807) is 17.5 Å². The molecule has 0 fully saturated rings. The first-order chi connectivity index (χ1) is 19.5. The van der Waals surface area contributed by atoms with Crippen molar-refractivity contribution in [2.45, 2.75) is 0 Å². The van der Waals surface area contributed by atoms with Crippen molar-refractivity contribution in [2.24, 2.45) is 0 Å². The van der Waals surface area contributed by atoms with E-state index in [2.05, 4.69) is 15.3 Å². The van der Waals surface area contributed by atoms with Crippen molar-refractivity contribution >= 4 is 55.0 Å². The van der Waals surface area contributed by atoms with Crippen molar-refractivity contribution in [1.29, 1.82) is 0 Å². The summed E-state index contributed by atoms with van der Waals surface area (Å²) in [7, 11) is -0.867. The van der Waals surface area contributed by atoms with Gasteiger partial charge in [-0.15, -0.1) is 11.3 Å². The lowest BCUT2D eigenvalue weighted by molar-refractivity contribution is 0.0964. The molecular formula is C28H20F2N4O5S2. The summed E-state index contributed by atoms with van der Waals surface area (Å²) in [6.45, 7) is 0. The lowest BCUT2D eigenvalue weighted by atomic mass is 10.0. The molecule has 0 aliphatic rings. The number of hydrogen-bond acceptors (Lipinski definition) is 8. The van der Waals surface area contributed by atoms with E-state index in [1.165, 1.54) is 67.9 Å². The maximum atomic E-state index is 14.2. The number of oxazole rings is 1. The fraction of sp³-hybridized carbons (Fsp3) is 0.107. The predicted molar refractivity (Wildman–Crippen MR) is 152 cm³/mol. The Morgan fingerprint density at radius 2 is 1.78 bits per heavy atom. The number of amides is 1. The Hall–Kier alpha value is -4.62. The zero-order valence-corrected chi connectivity index (χ0v) is 23.4. The summed E-state index contributed by atoms with van der Waals surface area (Å²) < 4.78 is 65.9. The van der Waals surface area contributed by atoms with Crippen LogP contribution in [0.4, 0.5) is 14.5 Å². The number of carbonyl (C=O) groups excluding carboxylic acids is 1. The molecule has 1 amide bonds. The minimum atomic E-state index is -3.73. The van der Waals surface area contributed by atoms with Gasteiger partial charge in [-0.25, -0.2) is 27.2 Å². The second-order valence-corrected chi connectivity index (χ2v) is 12.0. The van der Waals surface area contributed by atoms with Gasteiger partial charge >= 0.3 is 0 Å². The van der Waals surface area contributed by atoms with Crippen LogP contribution in [-0.2, 0) is 10.0 Å². The summed E-state index contributed by atoms with van der Waals surface area (Å²) in [4.78, 5) is 21.9. The molecule has 9 nitrogen and oxygen atoms in total. The normalized spacial score (nSPS) is 11.8. The zero-order chi connectivity index (χ0) is 29.1. The van der Waals surface area contributed by atoms with Crippen LogP contribution in [0.5, 0.6) is 0 Å². The summed E-state index contributed by atoms with van der Waals surface area (Å²) in [5, 5.41) is 5.04. The van der Waals surface area contributed by atoms with Crippen LogP contribution in [0.25, 0.3) is 55.5 Å². The van der Waals surface area contributed by atoms with E-state index in [0.29, 0.717) is 27.2 Å². The molecule has 6 aromatic rings. The Morgan fingerprint density at radius 3 is 2.46 bits per heavy atom. The predicted octanol–water partition coefficient (Wildman–Crippen LogP) is 6.07. The van der Waals surface area contributed by atoms with Gasteiger partial charge in [0.2, 0.25) is 15.9 Å². The van der Waals surface area contributed by atoms with Crippen LogP contribution in [0.2, 0.25) is 0 Å². The van der Waals surface area contributed by atoms with Crippen LogP contribution < -0.4 is 9.62 Å². The summed E-state index contributed by atoms with van der Waals surface area (Å²) in [5.41, 5.74) is 2.17. The second-order valence-electron chi connectivity index (χ2n) is 9.13. The van der Waals surface area contributed by atoms with Crippen LogP contribution in [0.15, 0.2) is 68.8 Å². The molecule has 13 heteroatoms. The van der Waals surface area contributed by atoms with E-state index >= 15 is 0 Å². The Bertz CT molecular complexity index is 2080. The number of thiazole rings is 1. The number of sulfonamides is 1. The minimum Gasteiger partial charge on any atom is -0.455 e. The highest BCUT2D eigenvalue weighted by Gasteiger charge is 2.27. The largest absolute Gasteiger partial charge is 0.455 e. The number of para-hydroxylation sites is 1. The van der Waals surface area contributed by atoms with Gasteiger partial charge in [0.25, 0.3) is 5.91 Å². The molecule has 0 spiro atoms. The van der Waals surface area contributed by atoms with Gasteiger partial charge in [0, 0.05) is 42.1 Å². The number of rotatable bonds is 6. The van der Waals surface area contributed by atoms with Crippen LogP contribution >= 0.6 is 11.3 Å². The maximum absolute atomic E-state index is 14.2.